The van der Waals surface area contributed by atoms with Gasteiger partial charge in [-0.3, -0.25) is 0 Å². The summed E-state index contributed by atoms with van der Waals surface area (Å²) in [6.45, 7) is 1.43. The number of ether oxygens (including phenoxy) is 2. The molecule has 190 valence electrons. The van der Waals surface area contributed by atoms with Gasteiger partial charge in [-0.2, -0.15) is 26.3 Å². The average molecular weight is 507 g/mol. The zero-order chi connectivity index (χ0) is 25.8. The number of hydrogen-bond acceptors (Lipinski definition) is 3. The normalized spacial score (nSPS) is 14.1. The lowest BCUT2D eigenvalue weighted by molar-refractivity contribution is -0.139. The number of halogens is 6. The van der Waals surface area contributed by atoms with Crippen molar-refractivity contribution < 1.29 is 35.8 Å². The van der Waals surface area contributed by atoms with Gasteiger partial charge in [0.15, 0.2) is 0 Å². The van der Waals surface area contributed by atoms with Crippen LogP contribution in [0, 0.1) is 0 Å². The first-order chi connectivity index (χ1) is 17.1. The van der Waals surface area contributed by atoms with Crippen molar-refractivity contribution in [2.75, 3.05) is 18.0 Å². The molecule has 36 heavy (non-hydrogen) atoms. The van der Waals surface area contributed by atoms with Crippen LogP contribution in [-0.4, -0.2) is 13.1 Å². The predicted molar refractivity (Wildman–Crippen MR) is 124 cm³/mol. The summed E-state index contributed by atoms with van der Waals surface area (Å²) < 4.78 is 89.5. The van der Waals surface area contributed by atoms with Gasteiger partial charge in [-0.15, -0.1) is 0 Å². The third-order valence-electron chi connectivity index (χ3n) is 5.71. The lowest BCUT2D eigenvalue weighted by atomic mass is 10.1. The molecule has 0 fully saturated rings. The summed E-state index contributed by atoms with van der Waals surface area (Å²) in [6.07, 6.45) is -4.03. The minimum atomic E-state index is -4.53. The number of anilines is 1. The smallest absolute Gasteiger partial charge is 0.419 e. The topological polar surface area (TPSA) is 21.7 Å². The second-order valence-electron chi connectivity index (χ2n) is 8.26. The van der Waals surface area contributed by atoms with Crippen LogP contribution >= 0.6 is 0 Å². The number of nitrogens with zero attached hydrogens (tertiary/aromatic N) is 1. The Morgan fingerprint density at radius 3 is 2.17 bits per heavy atom. The van der Waals surface area contributed by atoms with Crippen molar-refractivity contribution >= 4 is 5.69 Å². The summed E-state index contributed by atoms with van der Waals surface area (Å²) in [7, 11) is 0. The molecule has 3 aromatic carbocycles. The Bertz CT molecular complexity index is 1200. The molecular weight excluding hydrogens is 484 g/mol. The molecule has 3 aromatic rings. The van der Waals surface area contributed by atoms with E-state index in [1.165, 1.54) is 30.3 Å². The number of hydrogen-bond donors (Lipinski definition) is 0. The highest BCUT2D eigenvalue weighted by Crippen LogP contribution is 2.36. The highest BCUT2D eigenvalue weighted by atomic mass is 19.4. The first-order valence-corrected chi connectivity index (χ1v) is 11.2. The van der Waals surface area contributed by atoms with Crippen molar-refractivity contribution in [3.05, 3.63) is 101 Å². The average Bonchev–Trinajstić information content (AvgIpc) is 2.86. The van der Waals surface area contributed by atoms with Crippen molar-refractivity contribution in [2.24, 2.45) is 0 Å². The van der Waals surface area contributed by atoms with E-state index in [2.05, 4.69) is 11.0 Å². The maximum atomic E-state index is 13.3. The fourth-order valence-electron chi connectivity index (χ4n) is 3.86. The molecule has 0 N–H and O–H groups in total. The van der Waals surface area contributed by atoms with Crippen molar-refractivity contribution in [1.82, 2.24) is 0 Å². The first kappa shape index (κ1) is 25.5. The maximum absolute atomic E-state index is 13.3. The fraction of sp³-hybridized carbons (Fsp3) is 0.259. The second-order valence-corrected chi connectivity index (χ2v) is 8.26. The second kappa shape index (κ2) is 10.6. The van der Waals surface area contributed by atoms with Gasteiger partial charge in [-0.1, -0.05) is 36.4 Å². The van der Waals surface area contributed by atoms with E-state index in [1.54, 1.807) is 12.1 Å². The highest BCUT2D eigenvalue weighted by Gasteiger charge is 2.34. The molecule has 0 atom stereocenters. The first-order valence-electron chi connectivity index (χ1n) is 11.2. The van der Waals surface area contributed by atoms with E-state index in [0.29, 0.717) is 17.9 Å². The molecule has 0 aromatic heterocycles. The summed E-state index contributed by atoms with van der Waals surface area (Å²) >= 11 is 0. The number of rotatable bonds is 7. The van der Waals surface area contributed by atoms with Crippen LogP contribution in [0.1, 0.15) is 28.7 Å². The standard InChI is InChI=1S/C27H23F6NO2/c28-26(29,30)21-10-12-22(13-11-21)35-18-20-9-8-19(16-24(20)34-14-4-1-5-15-34)17-36-25-7-3-2-6-23(25)27(31,32)33/h1-4,6-13,16H,5,14-15,17-18H2. The molecule has 0 bridgehead atoms. The van der Waals surface area contributed by atoms with Crippen molar-refractivity contribution in [3.8, 4) is 11.5 Å². The summed E-state index contributed by atoms with van der Waals surface area (Å²) in [6, 6.07) is 14.9. The zero-order valence-electron chi connectivity index (χ0n) is 19.1. The van der Waals surface area contributed by atoms with E-state index in [0.717, 1.165) is 42.4 Å². The largest absolute Gasteiger partial charge is 0.489 e. The molecular formula is C27H23F6NO2. The lowest BCUT2D eigenvalue weighted by Crippen LogP contribution is -2.28. The van der Waals surface area contributed by atoms with Gasteiger partial charge in [0.2, 0.25) is 0 Å². The molecule has 0 spiro atoms. The Hall–Kier alpha value is -3.62. The Morgan fingerprint density at radius 2 is 1.50 bits per heavy atom. The molecule has 1 aliphatic rings. The fourth-order valence-corrected chi connectivity index (χ4v) is 3.86. The SMILES string of the molecule is FC(F)(F)c1ccc(OCc2ccc(COc3ccccc3C(F)(F)F)cc2N2CC=CCC2)cc1. The monoisotopic (exact) mass is 507 g/mol. The van der Waals surface area contributed by atoms with Crippen LogP contribution in [0.5, 0.6) is 11.5 Å². The lowest BCUT2D eigenvalue weighted by Gasteiger charge is -2.28. The Labute approximate surface area is 204 Å². The van der Waals surface area contributed by atoms with Crippen LogP contribution < -0.4 is 14.4 Å². The molecule has 0 aliphatic carbocycles. The summed E-state index contributed by atoms with van der Waals surface area (Å²) in [5.41, 5.74) is 0.705. The van der Waals surface area contributed by atoms with Crippen LogP contribution in [0.2, 0.25) is 0 Å². The predicted octanol–water partition coefficient (Wildman–Crippen LogP) is 7.65. The Morgan fingerprint density at radius 1 is 0.750 bits per heavy atom. The minimum absolute atomic E-state index is 0.0657. The number of alkyl halides is 6. The van der Waals surface area contributed by atoms with Gasteiger partial charge in [0, 0.05) is 24.3 Å². The Balaban J connectivity index is 1.52. The van der Waals surface area contributed by atoms with Crippen LogP contribution in [0.15, 0.2) is 78.9 Å². The van der Waals surface area contributed by atoms with Gasteiger partial charge >= 0.3 is 12.4 Å². The van der Waals surface area contributed by atoms with Crippen molar-refractivity contribution in [2.45, 2.75) is 32.0 Å². The van der Waals surface area contributed by atoms with Gasteiger partial charge in [-0.05, 0) is 54.4 Å². The Kier molecular flexibility index (Phi) is 7.47. The molecule has 9 heteroatoms. The molecule has 0 amide bonds. The van der Waals surface area contributed by atoms with Crippen LogP contribution in [0.4, 0.5) is 32.0 Å². The quantitative estimate of drug-likeness (QED) is 0.242. The maximum Gasteiger partial charge on any atom is 0.419 e. The van der Waals surface area contributed by atoms with E-state index in [9.17, 15) is 26.3 Å². The molecule has 1 aliphatic heterocycles. The third-order valence-corrected chi connectivity index (χ3v) is 5.71. The molecule has 1 heterocycles. The van der Waals surface area contributed by atoms with Crippen LogP contribution in [-0.2, 0) is 25.6 Å². The zero-order valence-corrected chi connectivity index (χ0v) is 19.1. The van der Waals surface area contributed by atoms with Crippen molar-refractivity contribution in [1.29, 1.82) is 0 Å². The molecule has 3 nitrogen and oxygen atoms in total. The van der Waals surface area contributed by atoms with Crippen LogP contribution in [0.3, 0.4) is 0 Å². The van der Waals surface area contributed by atoms with Crippen molar-refractivity contribution in [3.63, 3.8) is 0 Å². The molecule has 0 unspecified atom stereocenters. The van der Waals surface area contributed by atoms with Gasteiger partial charge in [0.25, 0.3) is 0 Å². The third kappa shape index (κ3) is 6.33. The molecule has 0 saturated carbocycles. The van der Waals surface area contributed by atoms with Crippen LogP contribution in [0.25, 0.3) is 0 Å². The summed E-state index contributed by atoms with van der Waals surface area (Å²) in [5.74, 6) is 0.0471. The molecule has 0 saturated heterocycles. The molecule has 0 radical (unpaired) electrons. The van der Waals surface area contributed by atoms with Gasteiger partial charge < -0.3 is 14.4 Å². The summed E-state index contributed by atoms with van der Waals surface area (Å²) in [4.78, 5) is 2.11. The minimum Gasteiger partial charge on any atom is -0.489 e. The molecule has 4 rings (SSSR count). The van der Waals surface area contributed by atoms with E-state index >= 15 is 0 Å². The van der Waals surface area contributed by atoms with E-state index in [4.69, 9.17) is 9.47 Å². The van der Waals surface area contributed by atoms with Gasteiger partial charge in [0.1, 0.15) is 24.7 Å². The highest BCUT2D eigenvalue weighted by molar-refractivity contribution is 5.56. The van der Waals surface area contributed by atoms with Gasteiger partial charge in [-0.25, -0.2) is 0 Å². The number of benzene rings is 3. The van der Waals surface area contributed by atoms with E-state index < -0.39 is 23.5 Å². The van der Waals surface area contributed by atoms with E-state index in [-0.39, 0.29) is 19.0 Å². The van der Waals surface area contributed by atoms with E-state index in [1.807, 2.05) is 12.1 Å². The van der Waals surface area contributed by atoms with Gasteiger partial charge in [0.05, 0.1) is 11.1 Å². The number of para-hydroxylation sites is 1. The summed E-state index contributed by atoms with van der Waals surface area (Å²) in [5, 5.41) is 0.